The molecule has 3 heterocycles. The average Bonchev–Trinajstić information content (AvgIpc) is 3.53. The van der Waals surface area contributed by atoms with Crippen LogP contribution in [0, 0.1) is 6.92 Å². The third-order valence-electron chi connectivity index (χ3n) is 6.53. The number of pyridine rings is 1. The number of aryl methyl sites for hydroxylation is 1. The third-order valence-corrected chi connectivity index (χ3v) is 6.53. The van der Waals surface area contributed by atoms with Crippen molar-refractivity contribution in [2.24, 2.45) is 0 Å². The number of tetrazole rings is 1. The SMILES string of the molecule is CCCc1c(C)n(CCc2ccccc2)c(=O)n1Cc1ccc(-c2ncccc2-c2nn[nH]n2)cc1. The Labute approximate surface area is 209 Å². The number of aromatic amines is 1. The van der Waals surface area contributed by atoms with Gasteiger partial charge in [-0.05, 0) is 48.2 Å². The van der Waals surface area contributed by atoms with E-state index in [1.807, 2.05) is 51.6 Å². The summed E-state index contributed by atoms with van der Waals surface area (Å²) >= 11 is 0. The van der Waals surface area contributed by atoms with E-state index < -0.39 is 0 Å². The molecule has 0 spiro atoms. The monoisotopic (exact) mass is 479 g/mol. The van der Waals surface area contributed by atoms with Crippen molar-refractivity contribution in [3.8, 4) is 22.6 Å². The van der Waals surface area contributed by atoms with Gasteiger partial charge in [-0.15, -0.1) is 10.2 Å². The van der Waals surface area contributed by atoms with Gasteiger partial charge in [0.15, 0.2) is 0 Å². The molecule has 5 rings (SSSR count). The average molecular weight is 480 g/mol. The van der Waals surface area contributed by atoms with E-state index in [1.165, 1.54) is 5.56 Å². The van der Waals surface area contributed by atoms with Gasteiger partial charge in [0.05, 0.1) is 12.2 Å². The first-order valence-electron chi connectivity index (χ1n) is 12.3. The van der Waals surface area contributed by atoms with Crippen molar-refractivity contribution in [1.82, 2.24) is 34.7 Å². The summed E-state index contributed by atoms with van der Waals surface area (Å²) in [6, 6.07) is 22.3. The van der Waals surface area contributed by atoms with Crippen molar-refractivity contribution in [2.75, 3.05) is 0 Å². The van der Waals surface area contributed by atoms with E-state index in [4.69, 9.17) is 0 Å². The maximum absolute atomic E-state index is 13.5. The van der Waals surface area contributed by atoms with Crippen LogP contribution < -0.4 is 5.69 Å². The molecule has 5 aromatic rings. The minimum Gasteiger partial charge on any atom is -0.296 e. The van der Waals surface area contributed by atoms with Crippen LogP contribution in [0.5, 0.6) is 0 Å². The smallest absolute Gasteiger partial charge is 0.296 e. The zero-order valence-corrected chi connectivity index (χ0v) is 20.6. The van der Waals surface area contributed by atoms with E-state index in [2.05, 4.69) is 63.7 Å². The second kappa shape index (κ2) is 10.5. The van der Waals surface area contributed by atoms with Gasteiger partial charge in [0.25, 0.3) is 0 Å². The van der Waals surface area contributed by atoms with E-state index in [9.17, 15) is 4.79 Å². The number of aromatic nitrogens is 7. The predicted octanol–water partition coefficient (Wildman–Crippen LogP) is 4.44. The van der Waals surface area contributed by atoms with Gasteiger partial charge in [0.2, 0.25) is 5.82 Å². The Bertz CT molecular complexity index is 1480. The van der Waals surface area contributed by atoms with Gasteiger partial charge < -0.3 is 0 Å². The number of nitrogens with one attached hydrogen (secondary N) is 1. The minimum absolute atomic E-state index is 0.0556. The number of imidazole rings is 1. The molecular weight excluding hydrogens is 450 g/mol. The number of nitrogens with zero attached hydrogens (tertiary/aromatic N) is 6. The molecule has 2 aromatic carbocycles. The van der Waals surface area contributed by atoms with Crippen LogP contribution in [-0.4, -0.2) is 34.7 Å². The Morgan fingerprint density at radius 2 is 1.69 bits per heavy atom. The molecule has 1 N–H and O–H groups in total. The van der Waals surface area contributed by atoms with Gasteiger partial charge >= 0.3 is 5.69 Å². The second-order valence-corrected chi connectivity index (χ2v) is 8.87. The normalized spacial score (nSPS) is 11.2. The molecule has 0 unspecified atom stereocenters. The zero-order chi connectivity index (χ0) is 24.9. The van der Waals surface area contributed by atoms with Gasteiger partial charge in [-0.3, -0.25) is 14.1 Å². The molecule has 0 amide bonds. The lowest BCUT2D eigenvalue weighted by Crippen LogP contribution is -2.26. The molecule has 0 fully saturated rings. The molecule has 0 aliphatic rings. The summed E-state index contributed by atoms with van der Waals surface area (Å²) in [5.41, 5.74) is 7.09. The van der Waals surface area contributed by atoms with Gasteiger partial charge in [0.1, 0.15) is 0 Å². The first-order chi connectivity index (χ1) is 17.7. The molecule has 0 saturated carbocycles. The van der Waals surface area contributed by atoms with E-state index in [1.54, 1.807) is 6.20 Å². The largest absolute Gasteiger partial charge is 0.328 e. The fraction of sp³-hybridized carbons (Fsp3) is 0.250. The maximum atomic E-state index is 13.5. The lowest BCUT2D eigenvalue weighted by molar-refractivity contribution is 0.621. The fourth-order valence-corrected chi connectivity index (χ4v) is 4.66. The van der Waals surface area contributed by atoms with E-state index in [0.29, 0.717) is 18.9 Å². The summed E-state index contributed by atoms with van der Waals surface area (Å²) in [4.78, 5) is 18.0. The summed E-state index contributed by atoms with van der Waals surface area (Å²) in [6.07, 6.45) is 4.45. The van der Waals surface area contributed by atoms with Crippen molar-refractivity contribution in [3.05, 3.63) is 106 Å². The third kappa shape index (κ3) is 4.75. The van der Waals surface area contributed by atoms with Crippen LogP contribution in [-0.2, 0) is 25.9 Å². The molecule has 0 aliphatic carbocycles. The highest BCUT2D eigenvalue weighted by Gasteiger charge is 2.17. The second-order valence-electron chi connectivity index (χ2n) is 8.87. The van der Waals surface area contributed by atoms with Crippen LogP contribution in [0.1, 0.15) is 35.9 Å². The standard InChI is InChI=1S/C28H29N7O/c1-3-8-25-20(2)34(18-16-21-9-5-4-6-10-21)28(36)35(25)19-22-12-14-23(15-13-22)26-24(11-7-17-29-26)27-30-32-33-31-27/h4-7,9-15,17H,3,8,16,18-19H2,1-2H3,(H,30,31,32,33). The first kappa shape index (κ1) is 23.4. The molecule has 3 aromatic heterocycles. The summed E-state index contributed by atoms with van der Waals surface area (Å²) in [5.74, 6) is 0.505. The Kier molecular flexibility index (Phi) is 6.84. The molecule has 182 valence electrons. The summed E-state index contributed by atoms with van der Waals surface area (Å²) in [7, 11) is 0. The predicted molar refractivity (Wildman–Crippen MR) is 140 cm³/mol. The van der Waals surface area contributed by atoms with Crippen LogP contribution in [0.3, 0.4) is 0 Å². The molecule has 8 nitrogen and oxygen atoms in total. The lowest BCUT2D eigenvalue weighted by atomic mass is 10.0. The Balaban J connectivity index is 1.41. The van der Waals surface area contributed by atoms with Crippen LogP contribution in [0.2, 0.25) is 0 Å². The maximum Gasteiger partial charge on any atom is 0.328 e. The number of benzene rings is 2. The molecule has 8 heteroatoms. The van der Waals surface area contributed by atoms with Crippen molar-refractivity contribution in [1.29, 1.82) is 0 Å². The molecule has 0 radical (unpaired) electrons. The molecule has 36 heavy (non-hydrogen) atoms. The topological polar surface area (TPSA) is 94.3 Å². The zero-order valence-electron chi connectivity index (χ0n) is 20.6. The van der Waals surface area contributed by atoms with Crippen molar-refractivity contribution in [2.45, 2.75) is 46.2 Å². The molecular formula is C28H29N7O. The van der Waals surface area contributed by atoms with Gasteiger partial charge in [0, 0.05) is 35.3 Å². The highest BCUT2D eigenvalue weighted by atomic mass is 16.1. The molecule has 0 saturated heterocycles. The Morgan fingerprint density at radius 1 is 0.889 bits per heavy atom. The van der Waals surface area contributed by atoms with Gasteiger partial charge in [-0.25, -0.2) is 4.79 Å². The first-order valence-corrected chi connectivity index (χ1v) is 12.3. The van der Waals surface area contributed by atoms with Gasteiger partial charge in [-0.2, -0.15) is 5.21 Å². The number of H-pyrrole nitrogens is 1. The van der Waals surface area contributed by atoms with Crippen LogP contribution in [0.25, 0.3) is 22.6 Å². The van der Waals surface area contributed by atoms with Crippen LogP contribution in [0.4, 0.5) is 0 Å². The number of hydrogen-bond donors (Lipinski definition) is 1. The van der Waals surface area contributed by atoms with E-state index >= 15 is 0 Å². The summed E-state index contributed by atoms with van der Waals surface area (Å²) < 4.78 is 3.86. The lowest BCUT2D eigenvalue weighted by Gasteiger charge is -2.09. The fourth-order valence-electron chi connectivity index (χ4n) is 4.66. The quantitative estimate of drug-likeness (QED) is 0.337. The highest BCUT2D eigenvalue weighted by molar-refractivity contribution is 5.76. The van der Waals surface area contributed by atoms with Crippen molar-refractivity contribution < 1.29 is 0 Å². The number of rotatable bonds is 9. The van der Waals surface area contributed by atoms with E-state index in [0.717, 1.165) is 53.0 Å². The van der Waals surface area contributed by atoms with Crippen molar-refractivity contribution in [3.63, 3.8) is 0 Å². The van der Waals surface area contributed by atoms with E-state index in [-0.39, 0.29) is 5.69 Å². The molecule has 0 bridgehead atoms. The Morgan fingerprint density at radius 3 is 2.42 bits per heavy atom. The van der Waals surface area contributed by atoms with Gasteiger partial charge in [-0.1, -0.05) is 67.9 Å². The molecule has 0 aliphatic heterocycles. The summed E-state index contributed by atoms with van der Waals surface area (Å²) in [6.45, 7) is 5.43. The molecule has 0 atom stereocenters. The van der Waals surface area contributed by atoms with Crippen LogP contribution >= 0.6 is 0 Å². The Hall–Kier alpha value is -4.33. The van der Waals surface area contributed by atoms with Crippen LogP contribution in [0.15, 0.2) is 77.7 Å². The van der Waals surface area contributed by atoms with Crippen molar-refractivity contribution >= 4 is 0 Å². The summed E-state index contributed by atoms with van der Waals surface area (Å²) in [5, 5.41) is 14.4. The minimum atomic E-state index is 0.0556. The number of hydrogen-bond acceptors (Lipinski definition) is 5. The highest BCUT2D eigenvalue weighted by Crippen LogP contribution is 2.27.